The number of para-hydroxylation sites is 1. The Morgan fingerprint density at radius 3 is 2.81 bits per heavy atom. The third kappa shape index (κ3) is 5.04. The summed E-state index contributed by atoms with van der Waals surface area (Å²) < 4.78 is 11.3. The summed E-state index contributed by atoms with van der Waals surface area (Å²) in [6.07, 6.45) is 4.90. The molecule has 1 aromatic heterocycles. The quantitative estimate of drug-likeness (QED) is 0.698. The van der Waals surface area contributed by atoms with Gasteiger partial charge in [0.25, 0.3) is 0 Å². The topological polar surface area (TPSA) is 73.3 Å². The highest BCUT2D eigenvalue weighted by molar-refractivity contribution is 5.90. The van der Waals surface area contributed by atoms with E-state index in [-0.39, 0.29) is 12.3 Å². The van der Waals surface area contributed by atoms with Crippen molar-refractivity contribution in [2.45, 2.75) is 13.3 Å². The van der Waals surface area contributed by atoms with E-state index in [1.54, 1.807) is 36.7 Å². The molecule has 0 saturated heterocycles. The van der Waals surface area contributed by atoms with Gasteiger partial charge in [0.2, 0.25) is 11.8 Å². The predicted molar refractivity (Wildman–Crippen MR) is 98.5 cm³/mol. The van der Waals surface area contributed by atoms with E-state index >= 15 is 0 Å². The lowest BCUT2D eigenvalue weighted by Gasteiger charge is -2.10. The zero-order chi connectivity index (χ0) is 18.2. The number of hydrogen-bond donors (Lipinski definition) is 1. The summed E-state index contributed by atoms with van der Waals surface area (Å²) in [6, 6.07) is 14.8. The van der Waals surface area contributed by atoms with E-state index in [9.17, 15) is 4.79 Å². The first-order valence-corrected chi connectivity index (χ1v) is 8.23. The second kappa shape index (κ2) is 8.62. The molecule has 0 aliphatic rings. The van der Waals surface area contributed by atoms with Crippen LogP contribution in [0.15, 0.2) is 67.1 Å². The molecule has 0 atom stereocenters. The number of benzene rings is 2. The van der Waals surface area contributed by atoms with E-state index in [0.717, 1.165) is 11.3 Å². The summed E-state index contributed by atoms with van der Waals surface area (Å²) in [6.45, 7) is 2.28. The highest BCUT2D eigenvalue weighted by Gasteiger charge is 2.06. The first kappa shape index (κ1) is 17.4. The molecule has 0 bridgehead atoms. The highest BCUT2D eigenvalue weighted by atomic mass is 16.5. The lowest BCUT2D eigenvalue weighted by molar-refractivity contribution is -0.116. The molecule has 6 nitrogen and oxygen atoms in total. The largest absolute Gasteiger partial charge is 0.493 e. The molecule has 1 heterocycles. The van der Waals surface area contributed by atoms with Crippen LogP contribution in [0.1, 0.15) is 12.0 Å². The van der Waals surface area contributed by atoms with E-state index in [1.165, 1.54) is 6.20 Å². The Hall–Kier alpha value is -3.41. The predicted octanol–water partition coefficient (Wildman–Crippen LogP) is 3.98. The van der Waals surface area contributed by atoms with Gasteiger partial charge in [-0.05, 0) is 30.7 Å². The minimum Gasteiger partial charge on any atom is -0.493 e. The third-order valence-corrected chi connectivity index (χ3v) is 3.56. The number of ether oxygens (including phenoxy) is 2. The monoisotopic (exact) mass is 349 g/mol. The second-order valence-electron chi connectivity index (χ2n) is 5.59. The minimum atomic E-state index is -0.129. The van der Waals surface area contributed by atoms with Gasteiger partial charge in [-0.2, -0.15) is 0 Å². The molecule has 0 radical (unpaired) electrons. The zero-order valence-electron chi connectivity index (χ0n) is 14.4. The molecule has 0 unspecified atom stereocenters. The van der Waals surface area contributed by atoms with E-state index in [1.807, 2.05) is 31.2 Å². The van der Waals surface area contributed by atoms with Crippen LogP contribution in [0.3, 0.4) is 0 Å². The summed E-state index contributed by atoms with van der Waals surface area (Å²) in [5.74, 6) is 1.62. The lowest BCUT2D eigenvalue weighted by Crippen LogP contribution is -2.15. The smallest absolute Gasteiger partial charge is 0.237 e. The van der Waals surface area contributed by atoms with Crippen LogP contribution in [0.25, 0.3) is 0 Å². The molecule has 0 aliphatic carbocycles. The van der Waals surface area contributed by atoms with Crippen molar-refractivity contribution in [3.8, 4) is 17.4 Å². The summed E-state index contributed by atoms with van der Waals surface area (Å²) in [5, 5.41) is 2.83. The van der Waals surface area contributed by atoms with Crippen LogP contribution in [0.5, 0.6) is 17.4 Å². The molecule has 0 saturated carbocycles. The Morgan fingerprint density at radius 1 is 1.12 bits per heavy atom. The molecule has 3 aromatic rings. The van der Waals surface area contributed by atoms with Crippen LogP contribution in [0.2, 0.25) is 0 Å². The van der Waals surface area contributed by atoms with Gasteiger partial charge in [0.15, 0.2) is 0 Å². The summed E-state index contributed by atoms with van der Waals surface area (Å²) in [5.41, 5.74) is 1.69. The molecule has 1 amide bonds. The minimum absolute atomic E-state index is 0.129. The van der Waals surface area contributed by atoms with Crippen LogP contribution in [0, 0.1) is 6.92 Å². The average molecular weight is 349 g/mol. The molecule has 1 N–H and O–H groups in total. The number of nitrogens with one attached hydrogen (secondary N) is 1. The van der Waals surface area contributed by atoms with E-state index in [4.69, 9.17) is 9.47 Å². The molecule has 6 heteroatoms. The van der Waals surface area contributed by atoms with Crippen LogP contribution in [-0.4, -0.2) is 22.5 Å². The molecular formula is C20H19N3O3. The van der Waals surface area contributed by atoms with Gasteiger partial charge in [-0.3, -0.25) is 9.78 Å². The fourth-order valence-electron chi connectivity index (χ4n) is 2.29. The molecular weight excluding hydrogens is 330 g/mol. The molecule has 0 fully saturated rings. The summed E-state index contributed by atoms with van der Waals surface area (Å²) >= 11 is 0. The van der Waals surface area contributed by atoms with Crippen LogP contribution in [-0.2, 0) is 4.79 Å². The van der Waals surface area contributed by atoms with Crippen molar-refractivity contribution in [2.24, 2.45) is 0 Å². The van der Waals surface area contributed by atoms with Crippen molar-refractivity contribution in [1.82, 2.24) is 9.97 Å². The molecule has 132 valence electrons. The Kier molecular flexibility index (Phi) is 5.77. The van der Waals surface area contributed by atoms with Gasteiger partial charge in [-0.15, -0.1) is 0 Å². The van der Waals surface area contributed by atoms with Gasteiger partial charge in [0, 0.05) is 24.1 Å². The van der Waals surface area contributed by atoms with Gasteiger partial charge < -0.3 is 14.8 Å². The van der Waals surface area contributed by atoms with Gasteiger partial charge >= 0.3 is 0 Å². The number of anilines is 1. The van der Waals surface area contributed by atoms with Crippen molar-refractivity contribution in [3.63, 3.8) is 0 Å². The van der Waals surface area contributed by atoms with E-state index < -0.39 is 0 Å². The highest BCUT2D eigenvalue weighted by Crippen LogP contribution is 2.22. The maximum Gasteiger partial charge on any atom is 0.237 e. The molecule has 26 heavy (non-hydrogen) atoms. The molecule has 0 aliphatic heterocycles. The molecule has 3 rings (SSSR count). The Morgan fingerprint density at radius 2 is 2.00 bits per heavy atom. The Balaban J connectivity index is 1.51. The molecule has 0 spiro atoms. The first-order chi connectivity index (χ1) is 12.7. The third-order valence-electron chi connectivity index (χ3n) is 3.56. The fourth-order valence-corrected chi connectivity index (χ4v) is 2.29. The Bertz CT molecular complexity index is 869. The Labute approximate surface area is 151 Å². The number of rotatable bonds is 7. The van der Waals surface area contributed by atoms with Crippen molar-refractivity contribution in [3.05, 3.63) is 72.7 Å². The van der Waals surface area contributed by atoms with Crippen LogP contribution >= 0.6 is 0 Å². The number of amides is 1. The zero-order valence-corrected chi connectivity index (χ0v) is 14.4. The summed E-state index contributed by atoms with van der Waals surface area (Å²) in [4.78, 5) is 20.1. The average Bonchev–Trinajstić information content (AvgIpc) is 2.64. The van der Waals surface area contributed by atoms with Gasteiger partial charge in [-0.1, -0.05) is 24.3 Å². The maximum absolute atomic E-state index is 12.1. The van der Waals surface area contributed by atoms with Crippen molar-refractivity contribution in [2.75, 3.05) is 11.9 Å². The van der Waals surface area contributed by atoms with Crippen LogP contribution < -0.4 is 14.8 Å². The van der Waals surface area contributed by atoms with Crippen LogP contribution in [0.4, 0.5) is 5.69 Å². The number of aromatic nitrogens is 2. The van der Waals surface area contributed by atoms with Gasteiger partial charge in [0.1, 0.15) is 11.5 Å². The van der Waals surface area contributed by atoms with E-state index in [2.05, 4.69) is 15.3 Å². The lowest BCUT2D eigenvalue weighted by atomic mass is 10.2. The number of hydrogen-bond acceptors (Lipinski definition) is 5. The normalized spacial score (nSPS) is 10.2. The second-order valence-corrected chi connectivity index (χ2v) is 5.59. The van der Waals surface area contributed by atoms with Crippen molar-refractivity contribution in [1.29, 1.82) is 0 Å². The standard InChI is InChI=1S/C20H19N3O3/c1-15-5-2-3-8-18(15)25-12-9-19(24)23-16-6-4-7-17(13-16)26-20-14-21-10-11-22-20/h2-8,10-11,13-14H,9,12H2,1H3,(H,23,24). The molecule has 2 aromatic carbocycles. The number of carbonyl (C=O) groups excluding carboxylic acids is 1. The first-order valence-electron chi connectivity index (χ1n) is 8.23. The van der Waals surface area contributed by atoms with Gasteiger partial charge in [0.05, 0.1) is 19.2 Å². The number of nitrogens with zero attached hydrogens (tertiary/aromatic N) is 2. The van der Waals surface area contributed by atoms with Gasteiger partial charge in [-0.25, -0.2) is 4.98 Å². The van der Waals surface area contributed by atoms with Crippen molar-refractivity contribution >= 4 is 11.6 Å². The fraction of sp³-hybridized carbons (Fsp3) is 0.150. The SMILES string of the molecule is Cc1ccccc1OCCC(=O)Nc1cccc(Oc2cnccn2)c1. The van der Waals surface area contributed by atoms with Crippen molar-refractivity contribution < 1.29 is 14.3 Å². The number of aryl methyl sites for hydroxylation is 1. The number of carbonyl (C=O) groups is 1. The maximum atomic E-state index is 12.1. The summed E-state index contributed by atoms with van der Waals surface area (Å²) in [7, 11) is 0. The van der Waals surface area contributed by atoms with E-state index in [0.29, 0.717) is 23.9 Å².